The van der Waals surface area contributed by atoms with Gasteiger partial charge in [0.2, 0.25) is 5.82 Å². The van der Waals surface area contributed by atoms with Gasteiger partial charge in [0, 0.05) is 16.7 Å². The maximum absolute atomic E-state index is 15.0. The number of benzene rings is 4. The van der Waals surface area contributed by atoms with E-state index in [0.29, 0.717) is 22.3 Å². The van der Waals surface area contributed by atoms with Crippen molar-refractivity contribution >= 4 is 12.2 Å². The van der Waals surface area contributed by atoms with Gasteiger partial charge in [-0.1, -0.05) is 85.5 Å². The van der Waals surface area contributed by atoms with Crippen LogP contribution in [0, 0.1) is 23.3 Å². The molecule has 0 heterocycles. The summed E-state index contributed by atoms with van der Waals surface area (Å²) in [6.07, 6.45) is 3.78. The summed E-state index contributed by atoms with van der Waals surface area (Å²) in [5, 5.41) is 9.64. The molecule has 0 aromatic heterocycles. The Bertz CT molecular complexity index is 1440. The van der Waals surface area contributed by atoms with Gasteiger partial charge in [-0.25, -0.2) is 13.2 Å². The fourth-order valence-corrected chi connectivity index (χ4v) is 3.83. The molecule has 0 aliphatic heterocycles. The average molecular weight is 505 g/mol. The molecule has 4 aromatic carbocycles. The first kappa shape index (κ1) is 25.9. The van der Waals surface area contributed by atoms with E-state index in [-0.39, 0.29) is 29.0 Å². The number of ether oxygens (including phenoxy) is 1. The normalized spacial score (nSPS) is 12.1. The predicted octanol–water partition coefficient (Wildman–Crippen LogP) is 8.37. The Morgan fingerprint density at radius 1 is 0.730 bits per heavy atom. The highest BCUT2D eigenvalue weighted by Gasteiger charge is 2.16. The summed E-state index contributed by atoms with van der Waals surface area (Å²) in [6.45, 7) is 5.15. The summed E-state index contributed by atoms with van der Waals surface area (Å²) in [5.74, 6) is -4.26. The third-order valence-electron chi connectivity index (χ3n) is 5.90. The highest BCUT2D eigenvalue weighted by molar-refractivity contribution is 5.75. The van der Waals surface area contributed by atoms with Crippen molar-refractivity contribution in [1.82, 2.24) is 0 Å². The lowest BCUT2D eigenvalue weighted by atomic mass is 9.97. The molecule has 1 atom stereocenters. The van der Waals surface area contributed by atoms with Crippen LogP contribution in [0.15, 0.2) is 85.5 Å². The van der Waals surface area contributed by atoms with Gasteiger partial charge in [-0.2, -0.15) is 4.39 Å². The van der Waals surface area contributed by atoms with E-state index in [4.69, 9.17) is 4.74 Å². The Labute approximate surface area is 212 Å². The lowest BCUT2D eigenvalue weighted by Crippen LogP contribution is -1.99. The standard InChI is InChI=1S/C31H24F4O2/c1-3-18-37-27-17-14-24(28(32)31(27)35)9-6-20-4-7-22(8-5-20)25-15-16-26(30(34)29(25)33)23-12-10-21(11-13-23)19(2)36/h3-17,19,36H,1,18H2,2H3/b9-6+. The fourth-order valence-electron chi connectivity index (χ4n) is 3.83. The van der Waals surface area contributed by atoms with E-state index in [1.165, 1.54) is 36.4 Å². The third-order valence-corrected chi connectivity index (χ3v) is 5.90. The lowest BCUT2D eigenvalue weighted by Gasteiger charge is -2.11. The van der Waals surface area contributed by atoms with E-state index < -0.39 is 29.4 Å². The van der Waals surface area contributed by atoms with Gasteiger partial charge >= 0.3 is 0 Å². The number of rotatable bonds is 8. The Kier molecular flexibility index (Phi) is 7.89. The van der Waals surface area contributed by atoms with Crippen molar-refractivity contribution in [2.24, 2.45) is 0 Å². The summed E-state index contributed by atoms with van der Waals surface area (Å²) in [4.78, 5) is 0. The molecule has 188 valence electrons. The highest BCUT2D eigenvalue weighted by atomic mass is 19.2. The monoisotopic (exact) mass is 504 g/mol. The van der Waals surface area contributed by atoms with Crippen LogP contribution in [0.25, 0.3) is 34.4 Å². The van der Waals surface area contributed by atoms with E-state index in [2.05, 4.69) is 6.58 Å². The Morgan fingerprint density at radius 3 is 1.84 bits per heavy atom. The molecule has 1 unspecified atom stereocenters. The van der Waals surface area contributed by atoms with Crippen LogP contribution >= 0.6 is 0 Å². The first-order chi connectivity index (χ1) is 17.8. The van der Waals surface area contributed by atoms with Crippen molar-refractivity contribution in [2.75, 3.05) is 6.61 Å². The van der Waals surface area contributed by atoms with E-state index in [9.17, 15) is 22.7 Å². The number of aliphatic hydroxyl groups excluding tert-OH is 1. The summed E-state index contributed by atoms with van der Waals surface area (Å²) in [6, 6.07) is 19.0. The minimum Gasteiger partial charge on any atom is -0.486 e. The summed E-state index contributed by atoms with van der Waals surface area (Å²) >= 11 is 0. The maximum atomic E-state index is 15.0. The molecule has 0 aliphatic rings. The van der Waals surface area contributed by atoms with Gasteiger partial charge < -0.3 is 9.84 Å². The van der Waals surface area contributed by atoms with Gasteiger partial charge in [0.1, 0.15) is 6.61 Å². The van der Waals surface area contributed by atoms with Crippen molar-refractivity contribution in [3.05, 3.63) is 125 Å². The Morgan fingerprint density at radius 2 is 1.30 bits per heavy atom. The molecule has 0 bridgehead atoms. The first-order valence-corrected chi connectivity index (χ1v) is 11.6. The minimum absolute atomic E-state index is 0.0395. The van der Waals surface area contributed by atoms with Crippen LogP contribution in [0.1, 0.15) is 29.7 Å². The molecule has 1 N–H and O–H groups in total. The van der Waals surface area contributed by atoms with Gasteiger partial charge in [-0.3, -0.25) is 0 Å². The van der Waals surface area contributed by atoms with Crippen LogP contribution in [0.5, 0.6) is 5.75 Å². The number of hydrogen-bond donors (Lipinski definition) is 1. The molecule has 0 spiro atoms. The van der Waals surface area contributed by atoms with Gasteiger partial charge in [-0.05, 0) is 41.3 Å². The van der Waals surface area contributed by atoms with Gasteiger partial charge in [-0.15, -0.1) is 0 Å². The molecule has 4 rings (SSSR count). The van der Waals surface area contributed by atoms with Gasteiger partial charge in [0.15, 0.2) is 23.2 Å². The SMILES string of the molecule is C=CCOc1ccc(/C=C/c2ccc(-c3ccc(-c4ccc(C(C)O)cc4)c(F)c3F)cc2)c(F)c1F. The quantitative estimate of drug-likeness (QED) is 0.148. The Hall–Kier alpha value is -4.16. The zero-order valence-corrected chi connectivity index (χ0v) is 20.0. The smallest absolute Gasteiger partial charge is 0.201 e. The van der Waals surface area contributed by atoms with Crippen molar-refractivity contribution in [3.63, 3.8) is 0 Å². The molecule has 37 heavy (non-hydrogen) atoms. The van der Waals surface area contributed by atoms with E-state index in [0.717, 1.165) is 0 Å². The number of halogens is 4. The van der Waals surface area contributed by atoms with Crippen molar-refractivity contribution in [2.45, 2.75) is 13.0 Å². The van der Waals surface area contributed by atoms with Crippen LogP contribution in [-0.4, -0.2) is 11.7 Å². The molecule has 0 saturated heterocycles. The largest absolute Gasteiger partial charge is 0.486 e. The second-order valence-electron chi connectivity index (χ2n) is 8.42. The van der Waals surface area contributed by atoms with Crippen LogP contribution in [0.4, 0.5) is 17.6 Å². The lowest BCUT2D eigenvalue weighted by molar-refractivity contribution is 0.199. The molecule has 2 nitrogen and oxygen atoms in total. The van der Waals surface area contributed by atoms with Crippen LogP contribution in [-0.2, 0) is 0 Å². The second kappa shape index (κ2) is 11.3. The number of hydrogen-bond acceptors (Lipinski definition) is 2. The van der Waals surface area contributed by atoms with E-state index in [1.807, 2.05) is 0 Å². The third kappa shape index (κ3) is 5.65. The summed E-state index contributed by atoms with van der Waals surface area (Å²) < 4.78 is 63.5. The van der Waals surface area contributed by atoms with Crippen molar-refractivity contribution in [1.29, 1.82) is 0 Å². The molecular formula is C31H24F4O2. The van der Waals surface area contributed by atoms with Crippen LogP contribution < -0.4 is 4.74 Å². The summed E-state index contributed by atoms with van der Waals surface area (Å²) in [7, 11) is 0. The Balaban J connectivity index is 1.54. The maximum Gasteiger partial charge on any atom is 0.201 e. The molecule has 6 heteroatoms. The average Bonchev–Trinajstić information content (AvgIpc) is 2.91. The van der Waals surface area contributed by atoms with E-state index >= 15 is 0 Å². The topological polar surface area (TPSA) is 29.5 Å². The predicted molar refractivity (Wildman–Crippen MR) is 139 cm³/mol. The first-order valence-electron chi connectivity index (χ1n) is 11.6. The van der Waals surface area contributed by atoms with Crippen molar-refractivity contribution < 1.29 is 27.4 Å². The molecule has 4 aromatic rings. The molecule has 0 saturated carbocycles. The highest BCUT2D eigenvalue weighted by Crippen LogP contribution is 2.32. The van der Waals surface area contributed by atoms with Gasteiger partial charge in [0.25, 0.3) is 0 Å². The van der Waals surface area contributed by atoms with Crippen molar-refractivity contribution in [3.8, 4) is 28.0 Å². The van der Waals surface area contributed by atoms with Crippen LogP contribution in [0.2, 0.25) is 0 Å². The van der Waals surface area contributed by atoms with Crippen LogP contribution in [0.3, 0.4) is 0 Å². The minimum atomic E-state index is -1.08. The van der Waals surface area contributed by atoms with E-state index in [1.54, 1.807) is 61.5 Å². The molecule has 0 fully saturated rings. The second-order valence-corrected chi connectivity index (χ2v) is 8.42. The molecule has 0 amide bonds. The number of aliphatic hydroxyl groups is 1. The molecule has 0 radical (unpaired) electrons. The molecular weight excluding hydrogens is 480 g/mol. The zero-order valence-electron chi connectivity index (χ0n) is 20.0. The fraction of sp³-hybridized carbons (Fsp3) is 0.0968. The molecule has 0 aliphatic carbocycles. The van der Waals surface area contributed by atoms with Gasteiger partial charge in [0.05, 0.1) is 6.10 Å². The summed E-state index contributed by atoms with van der Waals surface area (Å²) in [5.41, 5.74) is 2.55. The zero-order chi connectivity index (χ0) is 26.5.